The Hall–Kier alpha value is -2.26. The van der Waals surface area contributed by atoms with Gasteiger partial charge < -0.3 is 4.90 Å². The van der Waals surface area contributed by atoms with Crippen LogP contribution < -0.4 is 0 Å². The van der Waals surface area contributed by atoms with E-state index in [4.69, 9.17) is 0 Å². The van der Waals surface area contributed by atoms with Gasteiger partial charge >= 0.3 is 0 Å². The summed E-state index contributed by atoms with van der Waals surface area (Å²) in [4.78, 5) is 13.8. The molecule has 1 aliphatic heterocycles. The highest BCUT2D eigenvalue weighted by Crippen LogP contribution is 2.34. The molecule has 1 aliphatic rings. The summed E-state index contributed by atoms with van der Waals surface area (Å²) >= 11 is 1.74. The van der Waals surface area contributed by atoms with Crippen LogP contribution in [0.15, 0.2) is 83.6 Å². The number of thioether (sulfide) groups is 1. The monoisotopic (exact) mass is 365 g/mol. The van der Waals surface area contributed by atoms with Crippen LogP contribution in [0.2, 0.25) is 0 Å². The number of aryl methyl sites for hydroxylation is 1. The molecule has 0 N–H and O–H groups in total. The van der Waals surface area contributed by atoms with Gasteiger partial charge in [-0.1, -0.05) is 55.1 Å². The third-order valence-electron chi connectivity index (χ3n) is 4.23. The molecule has 0 atom stereocenters. The Morgan fingerprint density at radius 2 is 1.96 bits per heavy atom. The molecule has 0 bridgehead atoms. The standard InChI is InChI=1S/C23H27NOS/c1-6-20(7-2)13-22-15-24(14-19(5)25)23(12-18(22)4)26-16-21-10-8-17(3)9-11-21/h6-12,15H,1,4,13-14,16H2,2-3,5H3/b20-7+. The van der Waals surface area contributed by atoms with Gasteiger partial charge in [-0.15, -0.1) is 11.8 Å². The topological polar surface area (TPSA) is 20.3 Å². The largest absolute Gasteiger partial charge is 0.335 e. The van der Waals surface area contributed by atoms with Crippen LogP contribution in [-0.4, -0.2) is 17.2 Å². The summed E-state index contributed by atoms with van der Waals surface area (Å²) < 4.78 is 0. The van der Waals surface area contributed by atoms with Crippen LogP contribution in [0.1, 0.15) is 31.4 Å². The molecule has 3 heteroatoms. The number of rotatable bonds is 8. The van der Waals surface area contributed by atoms with Crippen LogP contribution in [0.4, 0.5) is 0 Å². The van der Waals surface area contributed by atoms with Gasteiger partial charge in [0.15, 0.2) is 0 Å². The van der Waals surface area contributed by atoms with Crippen molar-refractivity contribution < 1.29 is 4.79 Å². The Kier molecular flexibility index (Phi) is 7.28. The van der Waals surface area contributed by atoms with Crippen LogP contribution in [0.25, 0.3) is 0 Å². The predicted molar refractivity (Wildman–Crippen MR) is 114 cm³/mol. The molecule has 0 radical (unpaired) electrons. The highest BCUT2D eigenvalue weighted by molar-refractivity contribution is 8.02. The van der Waals surface area contributed by atoms with E-state index in [-0.39, 0.29) is 5.78 Å². The number of allylic oxidation sites excluding steroid dienone is 6. The molecule has 0 unspecified atom stereocenters. The van der Waals surface area contributed by atoms with Crippen LogP contribution in [0, 0.1) is 6.92 Å². The number of carbonyl (C=O) groups is 1. The van der Waals surface area contributed by atoms with Crippen molar-refractivity contribution in [3.05, 3.63) is 94.7 Å². The van der Waals surface area contributed by atoms with Crippen molar-refractivity contribution in [3.8, 4) is 0 Å². The van der Waals surface area contributed by atoms with Crippen molar-refractivity contribution in [2.75, 3.05) is 6.54 Å². The number of carbonyl (C=O) groups excluding carboxylic acids is 1. The zero-order chi connectivity index (χ0) is 19.1. The second-order valence-electron chi connectivity index (χ2n) is 6.51. The van der Waals surface area contributed by atoms with Gasteiger partial charge in [-0.3, -0.25) is 4.79 Å². The number of benzene rings is 1. The maximum Gasteiger partial charge on any atom is 0.149 e. The van der Waals surface area contributed by atoms with Crippen LogP contribution >= 0.6 is 11.8 Å². The molecule has 0 aliphatic carbocycles. The second kappa shape index (κ2) is 9.44. The van der Waals surface area contributed by atoms with Gasteiger partial charge in [0.1, 0.15) is 5.78 Å². The van der Waals surface area contributed by atoms with Crippen molar-refractivity contribution >= 4 is 17.5 Å². The van der Waals surface area contributed by atoms with Gasteiger partial charge in [0, 0.05) is 12.0 Å². The van der Waals surface area contributed by atoms with Crippen LogP contribution in [-0.2, 0) is 10.5 Å². The summed E-state index contributed by atoms with van der Waals surface area (Å²) in [7, 11) is 0. The van der Waals surface area contributed by atoms with Gasteiger partial charge in [0.05, 0.1) is 11.6 Å². The van der Waals surface area contributed by atoms with Crippen LogP contribution in [0.3, 0.4) is 0 Å². The fourth-order valence-corrected chi connectivity index (χ4v) is 3.68. The number of hydrogen-bond donors (Lipinski definition) is 0. The molecule has 0 fully saturated rings. The van der Waals surface area contributed by atoms with E-state index in [1.54, 1.807) is 18.7 Å². The van der Waals surface area contributed by atoms with Gasteiger partial charge in [-0.05, 0) is 55.6 Å². The minimum atomic E-state index is 0.143. The fraction of sp³-hybridized carbons (Fsp3) is 0.261. The Labute approximate surface area is 161 Å². The SMILES string of the molecule is C=C/C(=C\C)CC1=CN(CC(C)=O)C(SCc2ccc(C)cc2)=CC1=C. The Morgan fingerprint density at radius 3 is 2.54 bits per heavy atom. The molecule has 26 heavy (non-hydrogen) atoms. The molecule has 0 saturated heterocycles. The number of Topliss-reactive ketones (excluding diaryl/α,β-unsaturated/α-hetero) is 1. The molecular formula is C23H27NOS. The predicted octanol–water partition coefficient (Wildman–Crippen LogP) is 5.94. The first-order chi connectivity index (χ1) is 12.4. The average molecular weight is 366 g/mol. The van der Waals surface area contributed by atoms with Gasteiger partial charge in [-0.25, -0.2) is 0 Å². The van der Waals surface area contributed by atoms with Crippen molar-refractivity contribution in [1.82, 2.24) is 4.90 Å². The maximum absolute atomic E-state index is 11.7. The van der Waals surface area contributed by atoms with E-state index in [0.717, 1.165) is 33.9 Å². The van der Waals surface area contributed by atoms with Crippen molar-refractivity contribution in [2.45, 2.75) is 32.9 Å². The first-order valence-corrected chi connectivity index (χ1v) is 9.75. The van der Waals surface area contributed by atoms with E-state index in [1.807, 2.05) is 17.9 Å². The summed E-state index contributed by atoms with van der Waals surface area (Å²) in [5, 5.41) is 1.06. The summed E-state index contributed by atoms with van der Waals surface area (Å²) in [5.74, 6) is 1.01. The average Bonchev–Trinajstić information content (AvgIpc) is 2.61. The molecular weight excluding hydrogens is 338 g/mol. The molecule has 0 saturated carbocycles. The number of nitrogens with zero attached hydrogens (tertiary/aromatic N) is 1. The van der Waals surface area contributed by atoms with Crippen molar-refractivity contribution in [2.24, 2.45) is 0 Å². The van der Waals surface area contributed by atoms with E-state index in [1.165, 1.54) is 11.1 Å². The second-order valence-corrected chi connectivity index (χ2v) is 7.51. The molecule has 1 aromatic carbocycles. The van der Waals surface area contributed by atoms with Gasteiger partial charge in [0.2, 0.25) is 0 Å². The minimum Gasteiger partial charge on any atom is -0.335 e. The van der Waals surface area contributed by atoms with E-state index >= 15 is 0 Å². The van der Waals surface area contributed by atoms with Crippen LogP contribution in [0.5, 0.6) is 0 Å². The van der Waals surface area contributed by atoms with E-state index < -0.39 is 0 Å². The van der Waals surface area contributed by atoms with E-state index in [0.29, 0.717) is 6.54 Å². The maximum atomic E-state index is 11.7. The number of hydrogen-bond acceptors (Lipinski definition) is 3. The molecule has 0 amide bonds. The first kappa shape index (κ1) is 20.1. The smallest absolute Gasteiger partial charge is 0.149 e. The summed E-state index contributed by atoms with van der Waals surface area (Å²) in [6, 6.07) is 8.56. The molecule has 2 nitrogen and oxygen atoms in total. The zero-order valence-electron chi connectivity index (χ0n) is 15.9. The highest BCUT2D eigenvalue weighted by atomic mass is 32.2. The number of ketones is 1. The van der Waals surface area contributed by atoms with E-state index in [2.05, 4.69) is 62.7 Å². The lowest BCUT2D eigenvalue weighted by Gasteiger charge is -2.28. The fourth-order valence-electron chi connectivity index (χ4n) is 2.66. The van der Waals surface area contributed by atoms with Gasteiger partial charge in [0.25, 0.3) is 0 Å². The van der Waals surface area contributed by atoms with Gasteiger partial charge in [-0.2, -0.15) is 0 Å². The normalized spacial score (nSPS) is 14.8. The quantitative estimate of drug-likeness (QED) is 0.532. The third-order valence-corrected chi connectivity index (χ3v) is 5.36. The molecule has 1 heterocycles. The molecule has 2 rings (SSSR count). The first-order valence-electron chi connectivity index (χ1n) is 8.76. The molecule has 0 aromatic heterocycles. The van der Waals surface area contributed by atoms with Crippen molar-refractivity contribution in [3.63, 3.8) is 0 Å². The Bertz CT molecular complexity index is 781. The summed E-state index contributed by atoms with van der Waals surface area (Å²) in [6.45, 7) is 14.2. The lowest BCUT2D eigenvalue weighted by Crippen LogP contribution is -2.25. The Morgan fingerprint density at radius 1 is 1.27 bits per heavy atom. The summed E-state index contributed by atoms with van der Waals surface area (Å²) in [5.41, 5.74) is 5.81. The molecule has 136 valence electrons. The zero-order valence-corrected chi connectivity index (χ0v) is 16.7. The lowest BCUT2D eigenvalue weighted by molar-refractivity contribution is -0.117. The third kappa shape index (κ3) is 5.63. The van der Waals surface area contributed by atoms with Crippen molar-refractivity contribution in [1.29, 1.82) is 0 Å². The lowest BCUT2D eigenvalue weighted by atomic mass is 9.98. The highest BCUT2D eigenvalue weighted by Gasteiger charge is 2.18. The van der Waals surface area contributed by atoms with E-state index in [9.17, 15) is 4.79 Å². The Balaban J connectivity index is 2.16. The minimum absolute atomic E-state index is 0.143. The summed E-state index contributed by atoms with van der Waals surface area (Å²) in [6.07, 6.45) is 8.86. The molecule has 0 spiro atoms. The molecule has 1 aromatic rings.